The van der Waals surface area contributed by atoms with Crippen LogP contribution >= 0.6 is 0 Å². The maximum Gasteiger partial charge on any atom is 0.270 e. The minimum absolute atomic E-state index is 0.271. The number of pyridine rings is 1. The first-order chi connectivity index (χ1) is 10.2. The van der Waals surface area contributed by atoms with Crippen molar-refractivity contribution in [2.45, 2.75) is 26.3 Å². The fourth-order valence-electron chi connectivity index (χ4n) is 1.75. The molecule has 1 aromatic carbocycles. The van der Waals surface area contributed by atoms with E-state index in [4.69, 9.17) is 0 Å². The zero-order valence-corrected chi connectivity index (χ0v) is 12.6. The first-order valence-corrected chi connectivity index (χ1v) is 6.75. The average Bonchev–Trinajstić information content (AvgIpc) is 2.42. The molecular weight excluding hydrogens is 288 g/mol. The third-order valence-electron chi connectivity index (χ3n) is 2.69. The van der Waals surface area contributed by atoms with Gasteiger partial charge in [0, 0.05) is 17.3 Å². The van der Waals surface area contributed by atoms with Gasteiger partial charge in [-0.1, -0.05) is 0 Å². The second kappa shape index (κ2) is 6.09. The van der Waals surface area contributed by atoms with Crippen molar-refractivity contribution >= 4 is 17.3 Å². The van der Waals surface area contributed by atoms with E-state index < -0.39 is 11.6 Å². The Hall–Kier alpha value is -2.50. The fourth-order valence-corrected chi connectivity index (χ4v) is 1.75. The number of hydrogen-bond acceptors (Lipinski definition) is 3. The van der Waals surface area contributed by atoms with E-state index in [0.29, 0.717) is 11.4 Å². The molecule has 1 heterocycles. The summed E-state index contributed by atoms with van der Waals surface area (Å²) in [6.07, 6.45) is 1.46. The lowest BCUT2D eigenvalue weighted by molar-refractivity contribution is 0.0914. The SMILES string of the molecule is CC(C)(C)NC(=O)c1ccc(Nc2ccc(F)c(F)c2)cn1. The lowest BCUT2D eigenvalue weighted by Crippen LogP contribution is -2.40. The normalized spacial score (nSPS) is 11.1. The molecular formula is C16H17F2N3O. The molecule has 2 rings (SSSR count). The molecule has 0 bridgehead atoms. The van der Waals surface area contributed by atoms with Gasteiger partial charge in [0.15, 0.2) is 11.6 Å². The summed E-state index contributed by atoms with van der Waals surface area (Å²) >= 11 is 0. The Balaban J connectivity index is 2.08. The van der Waals surface area contributed by atoms with Gasteiger partial charge in [-0.3, -0.25) is 4.79 Å². The predicted molar refractivity (Wildman–Crippen MR) is 81.1 cm³/mol. The van der Waals surface area contributed by atoms with Crippen molar-refractivity contribution in [3.8, 4) is 0 Å². The summed E-state index contributed by atoms with van der Waals surface area (Å²) in [5, 5.41) is 5.69. The number of anilines is 2. The van der Waals surface area contributed by atoms with Gasteiger partial charge in [-0.05, 0) is 45.0 Å². The molecule has 2 N–H and O–H groups in total. The highest BCUT2D eigenvalue weighted by Crippen LogP contribution is 2.18. The number of rotatable bonds is 3. The smallest absolute Gasteiger partial charge is 0.270 e. The van der Waals surface area contributed by atoms with Gasteiger partial charge in [-0.25, -0.2) is 13.8 Å². The van der Waals surface area contributed by atoms with Crippen LogP contribution in [-0.4, -0.2) is 16.4 Å². The van der Waals surface area contributed by atoms with Crippen LogP contribution in [0.15, 0.2) is 36.5 Å². The predicted octanol–water partition coefficient (Wildman–Crippen LogP) is 3.63. The monoisotopic (exact) mass is 305 g/mol. The third-order valence-corrected chi connectivity index (χ3v) is 2.69. The number of nitrogens with one attached hydrogen (secondary N) is 2. The van der Waals surface area contributed by atoms with Gasteiger partial charge < -0.3 is 10.6 Å². The van der Waals surface area contributed by atoms with Crippen molar-refractivity contribution in [1.29, 1.82) is 0 Å². The largest absolute Gasteiger partial charge is 0.354 e. The Kier molecular flexibility index (Phi) is 4.40. The number of nitrogens with zero attached hydrogens (tertiary/aromatic N) is 1. The molecule has 0 radical (unpaired) electrons. The standard InChI is InChI=1S/C16H17F2N3O/c1-16(2,3)21-15(22)14-7-5-11(9-19-14)20-10-4-6-12(17)13(18)8-10/h4-9,20H,1-3H3,(H,21,22). The number of aromatic nitrogens is 1. The molecule has 0 fully saturated rings. The topological polar surface area (TPSA) is 54.0 Å². The number of carbonyl (C=O) groups excluding carboxylic acids is 1. The van der Waals surface area contributed by atoms with E-state index in [9.17, 15) is 13.6 Å². The van der Waals surface area contributed by atoms with E-state index in [2.05, 4.69) is 15.6 Å². The maximum absolute atomic E-state index is 13.1. The van der Waals surface area contributed by atoms with Gasteiger partial charge in [0.05, 0.1) is 11.9 Å². The first kappa shape index (κ1) is 15.9. The molecule has 0 unspecified atom stereocenters. The second-order valence-corrected chi connectivity index (χ2v) is 5.89. The molecule has 0 aliphatic carbocycles. The van der Waals surface area contributed by atoms with Crippen molar-refractivity contribution in [2.24, 2.45) is 0 Å². The zero-order chi connectivity index (χ0) is 16.3. The van der Waals surface area contributed by atoms with Crippen LogP contribution in [0, 0.1) is 11.6 Å². The van der Waals surface area contributed by atoms with Crippen molar-refractivity contribution in [3.05, 3.63) is 53.9 Å². The number of halogens is 2. The summed E-state index contributed by atoms with van der Waals surface area (Å²) in [7, 11) is 0. The molecule has 1 aromatic heterocycles. The Morgan fingerprint density at radius 1 is 1.05 bits per heavy atom. The van der Waals surface area contributed by atoms with Crippen LogP contribution < -0.4 is 10.6 Å². The molecule has 1 amide bonds. The summed E-state index contributed by atoms with van der Waals surface area (Å²) in [6, 6.07) is 6.71. The molecule has 116 valence electrons. The van der Waals surface area contributed by atoms with E-state index in [1.54, 1.807) is 12.1 Å². The number of amides is 1. The van der Waals surface area contributed by atoms with Crippen LogP contribution in [-0.2, 0) is 0 Å². The highest BCUT2D eigenvalue weighted by Gasteiger charge is 2.16. The number of carbonyl (C=O) groups is 1. The quantitative estimate of drug-likeness (QED) is 0.910. The van der Waals surface area contributed by atoms with E-state index >= 15 is 0 Å². The molecule has 2 aromatic rings. The molecule has 0 saturated heterocycles. The van der Waals surface area contributed by atoms with Crippen molar-refractivity contribution in [3.63, 3.8) is 0 Å². The summed E-state index contributed by atoms with van der Waals surface area (Å²) in [5.41, 5.74) is 0.901. The van der Waals surface area contributed by atoms with Crippen molar-refractivity contribution in [1.82, 2.24) is 10.3 Å². The minimum Gasteiger partial charge on any atom is -0.354 e. The Morgan fingerprint density at radius 2 is 1.73 bits per heavy atom. The highest BCUT2D eigenvalue weighted by atomic mass is 19.2. The van der Waals surface area contributed by atoms with Gasteiger partial charge in [0.2, 0.25) is 0 Å². The van der Waals surface area contributed by atoms with E-state index in [0.717, 1.165) is 12.1 Å². The second-order valence-electron chi connectivity index (χ2n) is 5.89. The Labute approximate surface area is 127 Å². The van der Waals surface area contributed by atoms with Crippen molar-refractivity contribution < 1.29 is 13.6 Å². The zero-order valence-electron chi connectivity index (χ0n) is 12.6. The molecule has 0 spiro atoms. The molecule has 4 nitrogen and oxygen atoms in total. The Morgan fingerprint density at radius 3 is 2.27 bits per heavy atom. The molecule has 0 atom stereocenters. The summed E-state index contributed by atoms with van der Waals surface area (Å²) in [4.78, 5) is 16.0. The Bertz CT molecular complexity index is 679. The van der Waals surface area contributed by atoms with Crippen molar-refractivity contribution in [2.75, 3.05) is 5.32 Å². The molecule has 0 aliphatic rings. The van der Waals surface area contributed by atoms with Crippen LogP contribution in [0.25, 0.3) is 0 Å². The number of benzene rings is 1. The lowest BCUT2D eigenvalue weighted by Gasteiger charge is -2.20. The van der Waals surface area contributed by atoms with Crippen LogP contribution in [0.1, 0.15) is 31.3 Å². The van der Waals surface area contributed by atoms with E-state index in [1.165, 1.54) is 12.3 Å². The van der Waals surface area contributed by atoms with E-state index in [-0.39, 0.29) is 17.1 Å². The van der Waals surface area contributed by atoms with Gasteiger partial charge in [0.1, 0.15) is 5.69 Å². The highest BCUT2D eigenvalue weighted by molar-refractivity contribution is 5.92. The van der Waals surface area contributed by atoms with Crippen LogP contribution in [0.5, 0.6) is 0 Å². The summed E-state index contributed by atoms with van der Waals surface area (Å²) < 4.78 is 26.0. The van der Waals surface area contributed by atoms with Gasteiger partial charge in [0.25, 0.3) is 5.91 Å². The van der Waals surface area contributed by atoms with Gasteiger partial charge >= 0.3 is 0 Å². The number of hydrogen-bond donors (Lipinski definition) is 2. The average molecular weight is 305 g/mol. The molecule has 6 heteroatoms. The maximum atomic E-state index is 13.1. The van der Waals surface area contributed by atoms with E-state index in [1.807, 2.05) is 20.8 Å². The minimum atomic E-state index is -0.931. The summed E-state index contributed by atoms with van der Waals surface area (Å²) in [5.74, 6) is -2.11. The van der Waals surface area contributed by atoms with Crippen LogP contribution in [0.2, 0.25) is 0 Å². The van der Waals surface area contributed by atoms with Gasteiger partial charge in [-0.15, -0.1) is 0 Å². The fraction of sp³-hybridized carbons (Fsp3) is 0.250. The van der Waals surface area contributed by atoms with Crippen LogP contribution in [0.4, 0.5) is 20.2 Å². The van der Waals surface area contributed by atoms with Gasteiger partial charge in [-0.2, -0.15) is 0 Å². The summed E-state index contributed by atoms with van der Waals surface area (Å²) in [6.45, 7) is 5.64. The molecule has 0 aliphatic heterocycles. The first-order valence-electron chi connectivity index (χ1n) is 6.75. The lowest BCUT2D eigenvalue weighted by atomic mass is 10.1. The molecule has 22 heavy (non-hydrogen) atoms. The van der Waals surface area contributed by atoms with Crippen LogP contribution in [0.3, 0.4) is 0 Å². The molecule has 0 saturated carbocycles. The third kappa shape index (κ3) is 4.25.